The molecule has 0 radical (unpaired) electrons. The number of allylic oxidation sites excluding steroid dienone is 6. The van der Waals surface area contributed by atoms with Crippen molar-refractivity contribution in [3.05, 3.63) is 45.9 Å². The number of rotatable bonds is 5. The van der Waals surface area contributed by atoms with E-state index in [1.807, 2.05) is 11.8 Å². The van der Waals surface area contributed by atoms with Gasteiger partial charge in [0.25, 0.3) is 0 Å². The second kappa shape index (κ2) is 6.68. The molecule has 0 aromatic heterocycles. The van der Waals surface area contributed by atoms with Crippen LogP contribution in [0, 0.1) is 16.7 Å². The van der Waals surface area contributed by atoms with Gasteiger partial charge in [-0.3, -0.25) is 0 Å². The molecule has 2 atom stereocenters. The molecule has 1 N–H and O–H groups in total. The smallest absolute Gasteiger partial charge is 0.0770 e. The lowest BCUT2D eigenvalue weighted by Gasteiger charge is -2.41. The molecule has 24 heavy (non-hydrogen) atoms. The molecule has 0 aromatic carbocycles. The highest BCUT2D eigenvalue weighted by molar-refractivity contribution is 8.08. The summed E-state index contributed by atoms with van der Waals surface area (Å²) in [5.74, 6) is 0.469. The van der Waals surface area contributed by atoms with E-state index in [1.54, 1.807) is 0 Å². The van der Waals surface area contributed by atoms with Gasteiger partial charge in [0.15, 0.2) is 0 Å². The number of aliphatic imine (C=N–C) groups is 1. The Balaban J connectivity index is 1.84. The van der Waals surface area contributed by atoms with Crippen LogP contribution in [-0.2, 0) is 0 Å². The third kappa shape index (κ3) is 3.48. The van der Waals surface area contributed by atoms with Crippen LogP contribution in [0.2, 0.25) is 0 Å². The van der Waals surface area contributed by atoms with Crippen molar-refractivity contribution in [2.24, 2.45) is 21.7 Å². The topological polar surface area (TPSA) is 32.6 Å². The van der Waals surface area contributed by atoms with E-state index in [1.165, 1.54) is 9.81 Å². The second-order valence-electron chi connectivity index (χ2n) is 8.26. The summed E-state index contributed by atoms with van der Waals surface area (Å²) in [5, 5.41) is 9.80. The van der Waals surface area contributed by atoms with Gasteiger partial charge in [-0.2, -0.15) is 0 Å². The summed E-state index contributed by atoms with van der Waals surface area (Å²) >= 11 is 1.87. The van der Waals surface area contributed by atoms with E-state index in [2.05, 4.69) is 58.1 Å². The Morgan fingerprint density at radius 1 is 1.25 bits per heavy atom. The van der Waals surface area contributed by atoms with Crippen molar-refractivity contribution >= 4 is 17.5 Å². The van der Waals surface area contributed by atoms with E-state index < -0.39 is 0 Å². The lowest BCUT2D eigenvalue weighted by molar-refractivity contribution is 0.0647. The van der Waals surface area contributed by atoms with Crippen molar-refractivity contribution in [1.82, 2.24) is 0 Å². The van der Waals surface area contributed by atoms with Crippen LogP contribution < -0.4 is 0 Å². The Morgan fingerprint density at radius 3 is 2.75 bits per heavy atom. The zero-order valence-electron chi connectivity index (χ0n) is 15.3. The maximum atomic E-state index is 9.80. The Labute approximate surface area is 150 Å². The van der Waals surface area contributed by atoms with Crippen LogP contribution in [0.15, 0.2) is 50.9 Å². The molecule has 3 aliphatic rings. The molecular formula is C21H29NOS. The average molecular weight is 344 g/mol. The fraction of sp³-hybridized carbons (Fsp3) is 0.571. The minimum atomic E-state index is 0.00121. The number of fused-ring (bicyclic) bond motifs is 2. The fourth-order valence-electron chi connectivity index (χ4n) is 3.91. The maximum absolute atomic E-state index is 9.80. The first-order valence-electron chi connectivity index (χ1n) is 9.04. The zero-order valence-corrected chi connectivity index (χ0v) is 16.1. The van der Waals surface area contributed by atoms with Crippen molar-refractivity contribution < 1.29 is 5.11 Å². The Hall–Kier alpha value is -1.06. The van der Waals surface area contributed by atoms with Crippen LogP contribution in [-0.4, -0.2) is 17.4 Å². The van der Waals surface area contributed by atoms with Gasteiger partial charge in [0.05, 0.1) is 11.4 Å². The molecule has 2 aliphatic carbocycles. The van der Waals surface area contributed by atoms with Crippen LogP contribution in [0.5, 0.6) is 0 Å². The van der Waals surface area contributed by atoms with Crippen molar-refractivity contribution in [3.8, 4) is 0 Å². The van der Waals surface area contributed by atoms with Crippen molar-refractivity contribution in [2.45, 2.75) is 53.4 Å². The van der Waals surface area contributed by atoms with Gasteiger partial charge < -0.3 is 5.11 Å². The highest BCUT2D eigenvalue weighted by atomic mass is 32.2. The summed E-state index contributed by atoms with van der Waals surface area (Å²) < 4.78 is 0. The standard InChI is InChI=1S/C21H29NOS/c1-5-21(4,14-23)13-20(2,3)15-10-11-19-17(12-15)22-16-8-6-7-9-18(16)24-19/h6,8-9,11-12,15,23H,5,7,10,13-14H2,1-4H3. The molecular weight excluding hydrogens is 314 g/mol. The van der Waals surface area contributed by atoms with E-state index in [4.69, 9.17) is 4.99 Å². The molecule has 2 unspecified atom stereocenters. The highest BCUT2D eigenvalue weighted by Crippen LogP contribution is 2.48. The summed E-state index contributed by atoms with van der Waals surface area (Å²) in [6.07, 6.45) is 15.5. The first-order valence-corrected chi connectivity index (χ1v) is 9.85. The number of aliphatic hydroxyl groups is 1. The largest absolute Gasteiger partial charge is 0.396 e. The van der Waals surface area contributed by atoms with Gasteiger partial charge in [0.1, 0.15) is 0 Å². The van der Waals surface area contributed by atoms with E-state index >= 15 is 0 Å². The average Bonchev–Trinajstić information content (AvgIpc) is 2.59. The summed E-state index contributed by atoms with van der Waals surface area (Å²) in [5.41, 5.74) is 2.40. The van der Waals surface area contributed by atoms with E-state index in [9.17, 15) is 5.11 Å². The summed E-state index contributed by atoms with van der Waals surface area (Å²) in [6.45, 7) is 9.32. The van der Waals surface area contributed by atoms with E-state index in [-0.39, 0.29) is 17.4 Å². The molecule has 3 heteroatoms. The minimum Gasteiger partial charge on any atom is -0.396 e. The molecule has 0 saturated carbocycles. The molecule has 0 aromatic rings. The normalized spacial score (nSPS) is 25.6. The van der Waals surface area contributed by atoms with Gasteiger partial charge in [0.2, 0.25) is 0 Å². The van der Waals surface area contributed by atoms with Crippen LogP contribution in [0.3, 0.4) is 0 Å². The summed E-state index contributed by atoms with van der Waals surface area (Å²) in [4.78, 5) is 7.53. The van der Waals surface area contributed by atoms with Gasteiger partial charge in [-0.25, -0.2) is 4.99 Å². The molecule has 1 heterocycles. The number of thioether (sulfide) groups is 1. The van der Waals surface area contributed by atoms with E-state index in [0.29, 0.717) is 5.92 Å². The number of hydrogen-bond acceptors (Lipinski definition) is 3. The van der Waals surface area contributed by atoms with Gasteiger partial charge in [0, 0.05) is 16.4 Å². The monoisotopic (exact) mass is 343 g/mol. The second-order valence-corrected chi connectivity index (χ2v) is 9.34. The molecule has 0 saturated heterocycles. The molecule has 3 rings (SSSR count). The minimum absolute atomic E-state index is 0.00121. The quantitative estimate of drug-likeness (QED) is 0.701. The molecule has 1 aliphatic heterocycles. The molecule has 0 fully saturated rings. The number of nitrogens with zero attached hydrogens (tertiary/aromatic N) is 1. The molecule has 0 spiro atoms. The fourth-order valence-corrected chi connectivity index (χ4v) is 4.94. The van der Waals surface area contributed by atoms with E-state index in [0.717, 1.165) is 37.1 Å². The van der Waals surface area contributed by atoms with Crippen LogP contribution in [0.1, 0.15) is 53.4 Å². The van der Waals surface area contributed by atoms with Crippen molar-refractivity contribution in [2.75, 3.05) is 6.61 Å². The summed E-state index contributed by atoms with van der Waals surface area (Å²) in [7, 11) is 0. The lowest BCUT2D eigenvalue weighted by atomic mass is 9.65. The Bertz CT molecular complexity index is 659. The molecule has 130 valence electrons. The predicted molar refractivity (Wildman–Crippen MR) is 105 cm³/mol. The third-order valence-electron chi connectivity index (χ3n) is 5.72. The van der Waals surface area contributed by atoms with Gasteiger partial charge >= 0.3 is 0 Å². The van der Waals surface area contributed by atoms with Crippen LogP contribution >= 0.6 is 11.8 Å². The van der Waals surface area contributed by atoms with Crippen molar-refractivity contribution in [3.63, 3.8) is 0 Å². The van der Waals surface area contributed by atoms with Crippen LogP contribution in [0.25, 0.3) is 0 Å². The maximum Gasteiger partial charge on any atom is 0.0770 e. The van der Waals surface area contributed by atoms with Crippen molar-refractivity contribution in [1.29, 1.82) is 0 Å². The number of aliphatic hydroxyl groups excluding tert-OH is 1. The SMILES string of the molecule is CCC(C)(CO)CC(C)(C)C1C=C2N=C3C=CCC=C3SC2=CC1. The molecule has 0 bridgehead atoms. The van der Waals surface area contributed by atoms with Crippen LogP contribution in [0.4, 0.5) is 0 Å². The molecule has 2 nitrogen and oxygen atoms in total. The molecule has 0 amide bonds. The Kier molecular flexibility index (Phi) is 4.94. The third-order valence-corrected chi connectivity index (χ3v) is 6.91. The first-order chi connectivity index (χ1) is 11.4. The highest BCUT2D eigenvalue weighted by Gasteiger charge is 2.37. The predicted octanol–water partition coefficient (Wildman–Crippen LogP) is 5.63. The Morgan fingerprint density at radius 2 is 2.04 bits per heavy atom. The van der Waals surface area contributed by atoms with Gasteiger partial charge in [-0.05, 0) is 48.5 Å². The van der Waals surface area contributed by atoms with Gasteiger partial charge in [-0.15, -0.1) is 0 Å². The number of hydrogen-bond donors (Lipinski definition) is 1. The zero-order chi connectivity index (χ0) is 17.4. The van der Waals surface area contributed by atoms with Gasteiger partial charge in [-0.1, -0.05) is 63.8 Å². The first kappa shape index (κ1) is 17.8. The lowest BCUT2D eigenvalue weighted by Crippen LogP contribution is -2.33. The summed E-state index contributed by atoms with van der Waals surface area (Å²) in [6, 6.07) is 0.